The fourth-order valence-corrected chi connectivity index (χ4v) is 2.94. The maximum Gasteiger partial charge on any atom is 0.243 e. The SMILES string of the molecule is CC(C)(C)c1ccc([C@H]2C[C@@H]2C(=O)N/N=C\c2cccc(O)c2)cc1. The summed E-state index contributed by atoms with van der Waals surface area (Å²) in [7, 11) is 0. The summed E-state index contributed by atoms with van der Waals surface area (Å²) in [6.07, 6.45) is 2.40. The Kier molecular flexibility index (Phi) is 4.62. The lowest BCUT2D eigenvalue weighted by molar-refractivity contribution is -0.122. The van der Waals surface area contributed by atoms with Crippen LogP contribution in [-0.4, -0.2) is 17.2 Å². The average Bonchev–Trinajstić information content (AvgIpc) is 3.35. The van der Waals surface area contributed by atoms with E-state index in [1.165, 1.54) is 17.3 Å². The van der Waals surface area contributed by atoms with Crippen molar-refractivity contribution >= 4 is 12.1 Å². The van der Waals surface area contributed by atoms with Gasteiger partial charge in [0.2, 0.25) is 5.91 Å². The fraction of sp³-hybridized carbons (Fsp3) is 0.333. The third kappa shape index (κ3) is 4.27. The highest BCUT2D eigenvalue weighted by Gasteiger charge is 2.43. The van der Waals surface area contributed by atoms with Crippen LogP contribution in [0.2, 0.25) is 0 Å². The molecule has 1 fully saturated rings. The maximum atomic E-state index is 12.2. The number of nitrogens with one attached hydrogen (secondary N) is 1. The molecule has 0 radical (unpaired) electrons. The van der Waals surface area contributed by atoms with Crippen LogP contribution in [0.5, 0.6) is 5.75 Å². The first-order valence-electron chi connectivity index (χ1n) is 8.57. The second-order valence-electron chi connectivity index (χ2n) is 7.65. The summed E-state index contributed by atoms with van der Waals surface area (Å²) in [5, 5.41) is 13.4. The topological polar surface area (TPSA) is 61.7 Å². The number of hydrogen-bond donors (Lipinski definition) is 2. The van der Waals surface area contributed by atoms with E-state index in [9.17, 15) is 9.90 Å². The number of benzene rings is 2. The summed E-state index contributed by atoms with van der Waals surface area (Å²) in [4.78, 5) is 12.2. The van der Waals surface area contributed by atoms with E-state index >= 15 is 0 Å². The monoisotopic (exact) mass is 336 g/mol. The van der Waals surface area contributed by atoms with Crippen LogP contribution in [0.25, 0.3) is 0 Å². The fourth-order valence-electron chi connectivity index (χ4n) is 2.94. The van der Waals surface area contributed by atoms with Crippen LogP contribution in [0.15, 0.2) is 53.6 Å². The normalized spacial score (nSPS) is 19.8. The van der Waals surface area contributed by atoms with Crippen molar-refractivity contribution in [2.75, 3.05) is 0 Å². The van der Waals surface area contributed by atoms with Crippen molar-refractivity contribution in [1.82, 2.24) is 5.43 Å². The molecule has 2 N–H and O–H groups in total. The molecule has 130 valence electrons. The van der Waals surface area contributed by atoms with Gasteiger partial charge < -0.3 is 5.11 Å². The Morgan fingerprint density at radius 2 is 1.92 bits per heavy atom. The molecule has 0 saturated heterocycles. The zero-order valence-electron chi connectivity index (χ0n) is 14.9. The van der Waals surface area contributed by atoms with Crippen LogP contribution in [0.1, 0.15) is 49.8 Å². The van der Waals surface area contributed by atoms with Gasteiger partial charge in [0.05, 0.1) is 6.21 Å². The van der Waals surface area contributed by atoms with Gasteiger partial charge in [-0.3, -0.25) is 4.79 Å². The zero-order chi connectivity index (χ0) is 18.0. The van der Waals surface area contributed by atoms with E-state index in [1.807, 2.05) is 6.07 Å². The minimum Gasteiger partial charge on any atom is -0.508 e. The number of nitrogens with zero attached hydrogens (tertiary/aromatic N) is 1. The first-order valence-corrected chi connectivity index (χ1v) is 8.57. The van der Waals surface area contributed by atoms with Gasteiger partial charge in [0, 0.05) is 5.92 Å². The summed E-state index contributed by atoms with van der Waals surface area (Å²) in [6.45, 7) is 6.58. The van der Waals surface area contributed by atoms with E-state index < -0.39 is 0 Å². The molecular weight excluding hydrogens is 312 g/mol. The van der Waals surface area contributed by atoms with Crippen molar-refractivity contribution in [1.29, 1.82) is 0 Å². The lowest BCUT2D eigenvalue weighted by atomic mass is 9.86. The van der Waals surface area contributed by atoms with E-state index in [0.29, 0.717) is 0 Å². The number of aromatic hydroxyl groups is 1. The standard InChI is InChI=1S/C21H24N2O2/c1-21(2,3)16-9-7-15(8-10-16)18-12-19(18)20(25)23-22-13-14-5-4-6-17(24)11-14/h4-11,13,18-19,24H,12H2,1-3H3,(H,23,25)/b22-13-/t18-,19+/m1/s1. The van der Waals surface area contributed by atoms with Gasteiger partial charge in [-0.05, 0) is 46.6 Å². The molecule has 2 aromatic carbocycles. The molecule has 0 aliphatic heterocycles. The van der Waals surface area contributed by atoms with E-state index in [1.54, 1.807) is 18.2 Å². The summed E-state index contributed by atoms with van der Waals surface area (Å²) >= 11 is 0. The number of hydrogen-bond acceptors (Lipinski definition) is 3. The number of phenolic OH excluding ortho intramolecular Hbond substituents is 1. The van der Waals surface area contributed by atoms with Gasteiger partial charge in [-0.2, -0.15) is 5.10 Å². The van der Waals surface area contributed by atoms with Crippen molar-refractivity contribution in [3.8, 4) is 5.75 Å². The van der Waals surface area contributed by atoms with Crippen molar-refractivity contribution in [2.24, 2.45) is 11.0 Å². The van der Waals surface area contributed by atoms with Gasteiger partial charge in [-0.25, -0.2) is 5.43 Å². The lowest BCUT2D eigenvalue weighted by Gasteiger charge is -2.19. The molecule has 0 bridgehead atoms. The molecule has 1 aliphatic rings. The van der Waals surface area contributed by atoms with Crippen molar-refractivity contribution in [3.63, 3.8) is 0 Å². The molecule has 1 saturated carbocycles. The van der Waals surface area contributed by atoms with Gasteiger partial charge in [0.15, 0.2) is 0 Å². The van der Waals surface area contributed by atoms with Gasteiger partial charge in [0.1, 0.15) is 5.75 Å². The minimum absolute atomic E-state index is 0.0122. The maximum absolute atomic E-state index is 12.2. The first kappa shape index (κ1) is 17.2. The number of phenols is 1. The Morgan fingerprint density at radius 3 is 2.56 bits per heavy atom. The smallest absolute Gasteiger partial charge is 0.243 e. The predicted molar refractivity (Wildman–Crippen MR) is 99.8 cm³/mol. The Balaban J connectivity index is 1.55. The van der Waals surface area contributed by atoms with Gasteiger partial charge in [0.25, 0.3) is 0 Å². The molecule has 4 heteroatoms. The highest BCUT2D eigenvalue weighted by atomic mass is 16.3. The van der Waals surface area contributed by atoms with Crippen LogP contribution >= 0.6 is 0 Å². The largest absolute Gasteiger partial charge is 0.508 e. The van der Waals surface area contributed by atoms with E-state index in [4.69, 9.17) is 0 Å². The molecule has 2 atom stereocenters. The highest BCUT2D eigenvalue weighted by Crippen LogP contribution is 2.47. The number of carbonyl (C=O) groups excluding carboxylic acids is 1. The summed E-state index contributed by atoms with van der Waals surface area (Å²) in [5.41, 5.74) is 5.99. The van der Waals surface area contributed by atoms with Crippen molar-refractivity contribution in [2.45, 2.75) is 38.5 Å². The zero-order valence-corrected chi connectivity index (χ0v) is 14.9. The van der Waals surface area contributed by atoms with Crippen LogP contribution in [0, 0.1) is 5.92 Å². The summed E-state index contributed by atoms with van der Waals surface area (Å²) in [5.74, 6) is 0.393. The van der Waals surface area contributed by atoms with Crippen LogP contribution < -0.4 is 5.43 Å². The Labute approximate surface area is 148 Å². The molecule has 0 spiro atoms. The highest BCUT2D eigenvalue weighted by molar-refractivity contribution is 5.85. The molecule has 2 aromatic rings. The van der Waals surface area contributed by atoms with Crippen molar-refractivity contribution in [3.05, 3.63) is 65.2 Å². The average molecular weight is 336 g/mol. The molecule has 3 rings (SSSR count). The molecule has 0 unspecified atom stereocenters. The Hall–Kier alpha value is -2.62. The molecule has 1 amide bonds. The minimum atomic E-state index is -0.0544. The third-order valence-corrected chi connectivity index (χ3v) is 4.59. The Bertz CT molecular complexity index is 788. The molecule has 1 aliphatic carbocycles. The Morgan fingerprint density at radius 1 is 1.20 bits per heavy atom. The third-order valence-electron chi connectivity index (χ3n) is 4.59. The number of amides is 1. The second kappa shape index (κ2) is 6.71. The lowest BCUT2D eigenvalue weighted by Crippen LogP contribution is -2.20. The molecule has 4 nitrogen and oxygen atoms in total. The van der Waals surface area contributed by atoms with Crippen LogP contribution in [-0.2, 0) is 10.2 Å². The van der Waals surface area contributed by atoms with E-state index in [2.05, 4.69) is 55.6 Å². The van der Waals surface area contributed by atoms with Crippen LogP contribution in [0.3, 0.4) is 0 Å². The second-order valence-corrected chi connectivity index (χ2v) is 7.65. The molecular formula is C21H24N2O2. The molecule has 0 aromatic heterocycles. The van der Waals surface area contributed by atoms with Crippen molar-refractivity contribution < 1.29 is 9.90 Å². The van der Waals surface area contributed by atoms with E-state index in [0.717, 1.165) is 12.0 Å². The summed E-state index contributed by atoms with van der Waals surface area (Å²) < 4.78 is 0. The number of hydrazone groups is 1. The quantitative estimate of drug-likeness (QED) is 0.656. The van der Waals surface area contributed by atoms with Crippen LogP contribution in [0.4, 0.5) is 0 Å². The molecule has 25 heavy (non-hydrogen) atoms. The predicted octanol–water partition coefficient (Wildman–Crippen LogP) is 3.94. The van der Waals surface area contributed by atoms with Gasteiger partial charge in [-0.1, -0.05) is 57.2 Å². The van der Waals surface area contributed by atoms with Gasteiger partial charge >= 0.3 is 0 Å². The molecule has 0 heterocycles. The summed E-state index contributed by atoms with van der Waals surface area (Å²) in [6, 6.07) is 15.3. The first-order chi connectivity index (χ1) is 11.8. The number of rotatable bonds is 4. The van der Waals surface area contributed by atoms with E-state index in [-0.39, 0.29) is 28.9 Å². The van der Waals surface area contributed by atoms with Gasteiger partial charge in [-0.15, -0.1) is 0 Å². The number of carbonyl (C=O) groups is 1.